The van der Waals surface area contributed by atoms with Crippen molar-refractivity contribution in [1.82, 2.24) is 15.0 Å². The number of hydrogen-bond acceptors (Lipinski definition) is 4. The van der Waals surface area contributed by atoms with E-state index in [9.17, 15) is 4.79 Å². The fraction of sp³-hybridized carbons (Fsp3) is 0.438. The highest BCUT2D eigenvalue weighted by atomic mass is 16.5. The Labute approximate surface area is 128 Å². The molecule has 6 heteroatoms. The number of likely N-dealkylation sites (tertiary alicyclic amines) is 1. The van der Waals surface area contributed by atoms with Crippen LogP contribution in [0.4, 0.5) is 4.79 Å². The lowest BCUT2D eigenvalue weighted by molar-refractivity contribution is 0.131. The molecular formula is C16H19N3O3. The quantitative estimate of drug-likeness (QED) is 0.918. The number of carboxylic acid groups (broad SMARTS) is 1. The molecule has 1 fully saturated rings. The second-order valence-electron chi connectivity index (χ2n) is 5.52. The van der Waals surface area contributed by atoms with Gasteiger partial charge in [0.1, 0.15) is 6.04 Å². The monoisotopic (exact) mass is 301 g/mol. The molecule has 22 heavy (non-hydrogen) atoms. The van der Waals surface area contributed by atoms with Crippen molar-refractivity contribution in [3.63, 3.8) is 0 Å². The van der Waals surface area contributed by atoms with Gasteiger partial charge < -0.3 is 9.63 Å². The van der Waals surface area contributed by atoms with E-state index in [0.29, 0.717) is 18.3 Å². The van der Waals surface area contributed by atoms with Crippen LogP contribution in [0.25, 0.3) is 0 Å². The van der Waals surface area contributed by atoms with Crippen molar-refractivity contribution in [3.05, 3.63) is 47.6 Å². The summed E-state index contributed by atoms with van der Waals surface area (Å²) in [5.74, 6) is 1.08. The summed E-state index contributed by atoms with van der Waals surface area (Å²) in [5.41, 5.74) is 1.29. The molecule has 1 unspecified atom stereocenters. The summed E-state index contributed by atoms with van der Waals surface area (Å²) in [6.45, 7) is 0.533. The SMILES string of the molecule is O=C(O)N1CCCC1c1nc(CCCc2ccccc2)no1. The molecule has 1 N–H and O–H groups in total. The molecule has 1 amide bonds. The van der Waals surface area contributed by atoms with Gasteiger partial charge in [-0.15, -0.1) is 0 Å². The molecule has 0 bridgehead atoms. The van der Waals surface area contributed by atoms with Gasteiger partial charge in [0.2, 0.25) is 5.89 Å². The predicted molar refractivity (Wildman–Crippen MR) is 79.5 cm³/mol. The molecule has 1 aromatic carbocycles. The number of hydrogen-bond donors (Lipinski definition) is 1. The summed E-state index contributed by atoms with van der Waals surface area (Å²) < 4.78 is 5.27. The molecule has 6 nitrogen and oxygen atoms in total. The first-order valence-electron chi connectivity index (χ1n) is 7.60. The van der Waals surface area contributed by atoms with Crippen LogP contribution in [0.3, 0.4) is 0 Å². The number of nitrogens with zero attached hydrogens (tertiary/aromatic N) is 3. The first kappa shape index (κ1) is 14.6. The molecule has 0 radical (unpaired) electrons. The van der Waals surface area contributed by atoms with Crippen molar-refractivity contribution in [1.29, 1.82) is 0 Å². The molecule has 1 aliphatic heterocycles. The lowest BCUT2D eigenvalue weighted by Gasteiger charge is -2.17. The van der Waals surface area contributed by atoms with Gasteiger partial charge in [-0.1, -0.05) is 35.5 Å². The third kappa shape index (κ3) is 3.27. The Morgan fingerprint density at radius 2 is 2.14 bits per heavy atom. The zero-order valence-electron chi connectivity index (χ0n) is 12.3. The van der Waals surface area contributed by atoms with Gasteiger partial charge in [0.15, 0.2) is 5.82 Å². The highest BCUT2D eigenvalue weighted by Crippen LogP contribution is 2.30. The molecule has 0 spiro atoms. The van der Waals surface area contributed by atoms with Crippen molar-refractivity contribution in [2.45, 2.75) is 38.1 Å². The third-order valence-electron chi connectivity index (χ3n) is 3.98. The maximum Gasteiger partial charge on any atom is 0.407 e. The van der Waals surface area contributed by atoms with Crippen LogP contribution in [0.1, 0.15) is 42.6 Å². The van der Waals surface area contributed by atoms with Gasteiger partial charge in [-0.3, -0.25) is 4.90 Å². The summed E-state index contributed by atoms with van der Waals surface area (Å²) in [6, 6.07) is 9.98. The van der Waals surface area contributed by atoms with Crippen LogP contribution in [-0.4, -0.2) is 32.8 Å². The molecule has 0 aliphatic carbocycles. The van der Waals surface area contributed by atoms with Crippen LogP contribution in [0.15, 0.2) is 34.9 Å². The van der Waals surface area contributed by atoms with Crippen LogP contribution in [0.2, 0.25) is 0 Å². The van der Waals surface area contributed by atoms with E-state index in [1.54, 1.807) is 0 Å². The van der Waals surface area contributed by atoms with E-state index in [4.69, 9.17) is 9.63 Å². The Hall–Kier alpha value is -2.37. The summed E-state index contributed by atoms with van der Waals surface area (Å²) >= 11 is 0. The number of aryl methyl sites for hydroxylation is 2. The maximum absolute atomic E-state index is 11.2. The van der Waals surface area contributed by atoms with Crippen LogP contribution < -0.4 is 0 Å². The molecule has 1 aliphatic rings. The van der Waals surface area contributed by atoms with Crippen molar-refractivity contribution >= 4 is 6.09 Å². The summed E-state index contributed by atoms with van der Waals surface area (Å²) in [4.78, 5) is 16.9. The minimum Gasteiger partial charge on any atom is -0.465 e. The predicted octanol–water partition coefficient (Wildman–Crippen LogP) is 3.06. The molecule has 0 saturated carbocycles. The van der Waals surface area contributed by atoms with E-state index < -0.39 is 6.09 Å². The Bertz CT molecular complexity index is 627. The van der Waals surface area contributed by atoms with Gasteiger partial charge in [-0.05, 0) is 31.2 Å². The molecule has 3 rings (SSSR count). The van der Waals surface area contributed by atoms with Crippen LogP contribution in [-0.2, 0) is 12.8 Å². The van der Waals surface area contributed by atoms with Gasteiger partial charge in [-0.2, -0.15) is 4.98 Å². The lowest BCUT2D eigenvalue weighted by atomic mass is 10.1. The van der Waals surface area contributed by atoms with E-state index in [1.807, 2.05) is 18.2 Å². The number of carbonyl (C=O) groups is 1. The van der Waals surface area contributed by atoms with E-state index >= 15 is 0 Å². The smallest absolute Gasteiger partial charge is 0.407 e. The molecule has 2 aromatic rings. The summed E-state index contributed by atoms with van der Waals surface area (Å²) in [7, 11) is 0. The molecule has 1 aromatic heterocycles. The fourth-order valence-electron chi connectivity index (χ4n) is 2.85. The standard InChI is InChI=1S/C16H19N3O3/c20-16(21)19-11-5-9-13(19)15-17-14(18-22-15)10-4-8-12-6-2-1-3-7-12/h1-3,6-7,13H,4-5,8-11H2,(H,20,21). The number of amides is 1. The van der Waals surface area contributed by atoms with E-state index in [2.05, 4.69) is 22.3 Å². The van der Waals surface area contributed by atoms with E-state index in [0.717, 1.165) is 32.1 Å². The van der Waals surface area contributed by atoms with Crippen molar-refractivity contribution in [2.24, 2.45) is 0 Å². The Morgan fingerprint density at radius 3 is 2.91 bits per heavy atom. The first-order chi connectivity index (χ1) is 10.7. The van der Waals surface area contributed by atoms with Gasteiger partial charge in [0.25, 0.3) is 0 Å². The Balaban J connectivity index is 1.56. The zero-order valence-corrected chi connectivity index (χ0v) is 12.3. The summed E-state index contributed by atoms with van der Waals surface area (Å²) in [6.07, 6.45) is 3.30. The van der Waals surface area contributed by atoms with Gasteiger partial charge in [0.05, 0.1) is 0 Å². The van der Waals surface area contributed by atoms with Crippen LogP contribution in [0.5, 0.6) is 0 Å². The van der Waals surface area contributed by atoms with Crippen LogP contribution >= 0.6 is 0 Å². The lowest BCUT2D eigenvalue weighted by Crippen LogP contribution is -2.28. The van der Waals surface area contributed by atoms with Crippen molar-refractivity contribution in [3.8, 4) is 0 Å². The molecule has 1 saturated heterocycles. The normalized spacial score (nSPS) is 17.8. The summed E-state index contributed by atoms with van der Waals surface area (Å²) in [5, 5.41) is 13.1. The fourth-order valence-corrected chi connectivity index (χ4v) is 2.85. The van der Waals surface area contributed by atoms with Crippen LogP contribution in [0, 0.1) is 0 Å². The van der Waals surface area contributed by atoms with Crippen molar-refractivity contribution in [2.75, 3.05) is 6.54 Å². The maximum atomic E-state index is 11.2. The minimum absolute atomic E-state index is 0.284. The van der Waals surface area contributed by atoms with E-state index in [-0.39, 0.29) is 6.04 Å². The number of aromatic nitrogens is 2. The Kier molecular flexibility index (Phi) is 4.37. The topological polar surface area (TPSA) is 79.5 Å². The highest BCUT2D eigenvalue weighted by Gasteiger charge is 2.33. The molecule has 2 heterocycles. The first-order valence-corrected chi connectivity index (χ1v) is 7.60. The number of rotatable bonds is 5. The van der Waals surface area contributed by atoms with Crippen molar-refractivity contribution < 1.29 is 14.4 Å². The molecule has 1 atom stereocenters. The zero-order chi connectivity index (χ0) is 15.4. The number of benzene rings is 1. The average Bonchev–Trinajstić information content (AvgIpc) is 3.17. The highest BCUT2D eigenvalue weighted by molar-refractivity contribution is 5.65. The van der Waals surface area contributed by atoms with Gasteiger partial charge >= 0.3 is 6.09 Å². The second-order valence-corrected chi connectivity index (χ2v) is 5.52. The third-order valence-corrected chi connectivity index (χ3v) is 3.98. The Morgan fingerprint density at radius 1 is 1.32 bits per heavy atom. The van der Waals surface area contributed by atoms with Gasteiger partial charge in [-0.25, -0.2) is 4.79 Å². The largest absolute Gasteiger partial charge is 0.465 e. The molecular weight excluding hydrogens is 282 g/mol. The minimum atomic E-state index is -0.925. The van der Waals surface area contributed by atoms with Gasteiger partial charge in [0, 0.05) is 13.0 Å². The molecule has 116 valence electrons. The average molecular weight is 301 g/mol. The second kappa shape index (κ2) is 6.60. The van der Waals surface area contributed by atoms with E-state index in [1.165, 1.54) is 10.5 Å².